The van der Waals surface area contributed by atoms with Crippen LogP contribution in [0.25, 0.3) is 32.3 Å². The molecule has 17 rings (SSSR count). The minimum Gasteiger partial charge on any atom is -0.101 e. The average Bonchev–Trinajstić information content (AvgIpc) is 0.722. The van der Waals surface area contributed by atoms with Crippen LogP contribution < -0.4 is 0 Å². The topological polar surface area (TPSA) is 0 Å². The van der Waals surface area contributed by atoms with Gasteiger partial charge in [-0.15, -0.1) is 35.5 Å². The van der Waals surface area contributed by atoms with Crippen molar-refractivity contribution >= 4 is 32.3 Å². The van der Waals surface area contributed by atoms with Gasteiger partial charge in [0, 0.05) is 134 Å². The number of hydrogen-bond donors (Lipinski definition) is 0. The van der Waals surface area contributed by atoms with Gasteiger partial charge in [0.15, 0.2) is 0 Å². The fourth-order valence-electron chi connectivity index (χ4n) is 15.6. The predicted molar refractivity (Wildman–Crippen MR) is 613 cm³/mol. The summed E-state index contributed by atoms with van der Waals surface area (Å²) in [5, 5.41) is 6.65. The van der Waals surface area contributed by atoms with Gasteiger partial charge < -0.3 is 0 Å². The van der Waals surface area contributed by atoms with Crippen molar-refractivity contribution in [2.75, 3.05) is 0 Å². The van der Waals surface area contributed by atoms with Gasteiger partial charge in [-0.3, -0.25) is 0 Å². The van der Waals surface area contributed by atoms with Crippen LogP contribution in [-0.4, -0.2) is 0 Å². The molecule has 0 N–H and O–H groups in total. The van der Waals surface area contributed by atoms with Gasteiger partial charge in [-0.1, -0.05) is 336 Å². The molecule has 0 aliphatic carbocycles. The number of benzene rings is 17. The molecule has 0 saturated carbocycles. The molecular formula is C145H110. The molecule has 0 aromatic heterocycles. The lowest BCUT2D eigenvalue weighted by Crippen LogP contribution is -1.94. The molecule has 690 valence electrons. The van der Waals surface area contributed by atoms with E-state index in [9.17, 15) is 0 Å². The second-order valence-corrected chi connectivity index (χ2v) is 35.6. The summed E-state index contributed by atoms with van der Waals surface area (Å²) in [7, 11) is 0. The normalized spacial score (nSPS) is 9.48. The van der Waals surface area contributed by atoms with E-state index in [1.54, 1.807) is 0 Å². The average molecular weight is 1850 g/mol. The minimum absolute atomic E-state index is 0.823. The Labute approximate surface area is 862 Å². The third-order valence-corrected chi connectivity index (χ3v) is 23.0. The maximum atomic E-state index is 3.38. The molecule has 0 atom stereocenters. The van der Waals surface area contributed by atoms with Crippen LogP contribution in [0.4, 0.5) is 0 Å². The Kier molecular flexibility index (Phi) is 36.7. The molecular weight excluding hydrogens is 1740 g/mol. The summed E-state index contributed by atoms with van der Waals surface area (Å²) in [5.41, 5.74) is 38.6. The molecule has 0 spiro atoms. The second-order valence-electron chi connectivity index (χ2n) is 35.6. The third-order valence-electron chi connectivity index (χ3n) is 23.0. The number of fused-ring (bicyclic) bond motifs is 6. The van der Waals surface area contributed by atoms with Gasteiger partial charge >= 0.3 is 0 Å². The van der Waals surface area contributed by atoms with E-state index in [1.165, 1.54) is 72.3 Å². The highest BCUT2D eigenvalue weighted by molar-refractivity contribution is 6.26. The highest BCUT2D eigenvalue weighted by Crippen LogP contribution is 2.40. The van der Waals surface area contributed by atoms with Gasteiger partial charge in [0.2, 0.25) is 0 Å². The second kappa shape index (κ2) is 51.5. The van der Waals surface area contributed by atoms with Crippen molar-refractivity contribution in [2.24, 2.45) is 0 Å². The fraction of sp³-hybridized carbons (Fsp3) is 0.131. The van der Waals surface area contributed by atoms with Crippen LogP contribution in [0, 0.1) is 268 Å². The van der Waals surface area contributed by atoms with Gasteiger partial charge in [0.1, 0.15) is 0 Å². The highest BCUT2D eigenvalue weighted by Gasteiger charge is 2.17. The highest BCUT2D eigenvalue weighted by atomic mass is 14.2. The van der Waals surface area contributed by atoms with Crippen LogP contribution in [0.5, 0.6) is 0 Å². The molecule has 0 heterocycles. The van der Waals surface area contributed by atoms with Gasteiger partial charge in [-0.05, 0) is 364 Å². The van der Waals surface area contributed by atoms with E-state index in [0.717, 1.165) is 166 Å². The Balaban J connectivity index is 0.000000159. The summed E-state index contributed by atoms with van der Waals surface area (Å²) in [4.78, 5) is 0. The Morgan fingerprint density at radius 2 is 0.214 bits per heavy atom. The summed E-state index contributed by atoms with van der Waals surface area (Å²) >= 11 is 0. The summed E-state index contributed by atoms with van der Waals surface area (Å²) in [6.07, 6.45) is 0. The lowest BCUT2D eigenvalue weighted by atomic mass is 9.87. The molecule has 0 bridgehead atoms. The molecule has 145 heavy (non-hydrogen) atoms. The third kappa shape index (κ3) is 31.2. The molecule has 0 amide bonds. The van der Waals surface area contributed by atoms with E-state index < -0.39 is 0 Å². The van der Waals surface area contributed by atoms with Gasteiger partial charge in [-0.25, -0.2) is 0 Å². The van der Waals surface area contributed by atoms with E-state index in [0.29, 0.717) is 0 Å². The largest absolute Gasteiger partial charge is 0.101 e. The Morgan fingerprint density at radius 3 is 0.359 bits per heavy atom. The zero-order valence-electron chi connectivity index (χ0n) is 86.1. The maximum Gasteiger partial charge on any atom is 0.0419 e. The van der Waals surface area contributed by atoms with Crippen molar-refractivity contribution < 1.29 is 0 Å². The first-order valence-electron chi connectivity index (χ1n) is 48.2. The Morgan fingerprint density at radius 1 is 0.0966 bits per heavy atom. The zero-order chi connectivity index (χ0) is 103. The lowest BCUT2D eigenvalue weighted by molar-refractivity contribution is 1.32. The van der Waals surface area contributed by atoms with Gasteiger partial charge in [0.05, 0.1) is 0 Å². The van der Waals surface area contributed by atoms with E-state index >= 15 is 0 Å². The van der Waals surface area contributed by atoms with E-state index in [2.05, 4.69) is 474 Å². The molecule has 0 aliphatic heterocycles. The van der Waals surface area contributed by atoms with E-state index in [-0.39, 0.29) is 0 Å². The summed E-state index contributed by atoms with van der Waals surface area (Å²) in [5.74, 6) is 97.2. The van der Waals surface area contributed by atoms with Crippen molar-refractivity contribution in [1.29, 1.82) is 0 Å². The Hall–Kier alpha value is -19.1. The van der Waals surface area contributed by atoms with Crippen LogP contribution in [0.2, 0.25) is 0 Å². The van der Waals surface area contributed by atoms with Crippen molar-refractivity contribution in [2.45, 2.75) is 132 Å². The van der Waals surface area contributed by atoms with Crippen molar-refractivity contribution in [3.63, 3.8) is 0 Å². The van der Waals surface area contributed by atoms with Crippen molar-refractivity contribution in [1.82, 2.24) is 0 Å². The minimum atomic E-state index is 0.823. The number of aryl methyl sites for hydroxylation is 13. The smallest absolute Gasteiger partial charge is 0.0419 e. The van der Waals surface area contributed by atoms with Crippen LogP contribution >= 0.6 is 0 Å². The Bertz CT molecular complexity index is 7810. The molecule has 17 aromatic carbocycles. The predicted octanol–water partition coefficient (Wildman–Crippen LogP) is 30.7. The first-order valence-corrected chi connectivity index (χ1v) is 48.2. The quantitative estimate of drug-likeness (QED) is 0.105. The van der Waals surface area contributed by atoms with Crippen molar-refractivity contribution in [3.8, 4) is 178 Å². The monoisotopic (exact) mass is 1850 g/mol. The zero-order valence-corrected chi connectivity index (χ0v) is 86.1. The first kappa shape index (κ1) is 103. The van der Waals surface area contributed by atoms with E-state index in [1.807, 2.05) is 157 Å². The standard InChI is InChI=1S/C42H30.C36H24.C33H24.C25H20.C9H12/c1-31-5-13-35(14-6-31)21-25-39-29-41(27-23-37-17-9-33(3)10-18-37)42(28-24-38-19-11-34(4)12-20-38)30-40(39)26-22-36-15-7-32(2)8-16-36;1-7-13-25-19-31-32(20-26(25)14-8-2)34-22-28(16-10-4)30(18-12-6)24-36(34)35-23-29(17-11-5)27(15-9-3)21-33(31)35;1-25-4-10-28(11-5-25)16-19-31-22-32(20-17-29-12-6-26(2)7-13-29)24-33(23-31)21-18-30-14-8-27(3)9-15-30;1-19-4-8-22(9-5-19)12-14-24-16-21(3)17-25(18-24)15-13-23-10-6-20(2)7-11-23;1-7-4-8(2)6-9(3)5-7/h5-20,29-30H,1-4H3;19-24H,1-6H3;4-15,22-24H,1-3H3;4-11,16-18H,1-3H3;4-6H,1-3H3. The molecule has 0 radical (unpaired) electrons. The number of hydrogen-bond acceptors (Lipinski definition) is 0. The van der Waals surface area contributed by atoms with Crippen LogP contribution in [-0.2, 0) is 0 Å². The molecule has 0 heteroatoms. The summed E-state index contributed by atoms with van der Waals surface area (Å²) < 4.78 is 0. The lowest BCUT2D eigenvalue weighted by Gasteiger charge is -2.15. The molecule has 0 aliphatic rings. The molecule has 0 saturated heterocycles. The SMILES string of the molecule is CC#Cc1cc2c3cc(C#CC)c(C#CC)cc3c3cc(C#CC)c(C#CC)cc3c2cc1C#CC.Cc1cc(C)cc(C)c1.Cc1ccc(C#Cc2cc(C#Cc3ccc(C)cc3)c(C#Cc3ccc(C)cc3)cc2C#Cc2ccc(C)cc2)cc1.Cc1ccc(C#Cc2cc(C#Cc3ccc(C)cc3)cc(C#Cc3ccc(C)cc3)c2)cc1.Cc1ccc(C#Cc2cc(C)cc(C#Cc3ccc(C)cc3)c2)cc1. The van der Waals surface area contributed by atoms with Crippen LogP contribution in [0.15, 0.2) is 322 Å². The van der Waals surface area contributed by atoms with Crippen LogP contribution in [0.1, 0.15) is 247 Å². The maximum absolute atomic E-state index is 3.38. The van der Waals surface area contributed by atoms with Gasteiger partial charge in [-0.2, -0.15) is 0 Å². The molecule has 0 fully saturated rings. The fourth-order valence-corrected chi connectivity index (χ4v) is 15.6. The number of rotatable bonds is 0. The molecule has 17 aromatic rings. The molecule has 0 unspecified atom stereocenters. The summed E-state index contributed by atoms with van der Waals surface area (Å²) in [6.45, 7) is 38.2. The molecule has 0 nitrogen and oxygen atoms in total. The van der Waals surface area contributed by atoms with Gasteiger partial charge in [0.25, 0.3) is 0 Å². The van der Waals surface area contributed by atoms with E-state index in [4.69, 9.17) is 0 Å². The van der Waals surface area contributed by atoms with Crippen molar-refractivity contribution in [3.05, 3.63) is 527 Å². The summed E-state index contributed by atoms with van der Waals surface area (Å²) in [6, 6.07) is 110. The van der Waals surface area contributed by atoms with Crippen LogP contribution in [0.3, 0.4) is 0 Å². The first-order chi connectivity index (χ1) is 70.3.